The number of sulfonamides is 1. The van der Waals surface area contributed by atoms with Gasteiger partial charge in [-0.15, -0.1) is 5.11 Å². The normalized spacial score (nSPS) is 12.2. The van der Waals surface area contributed by atoms with E-state index >= 15 is 0 Å². The fourth-order valence-electron chi connectivity index (χ4n) is 4.08. The predicted octanol–water partition coefficient (Wildman–Crippen LogP) is 6.54. The Hall–Kier alpha value is -4.50. The molecule has 0 saturated heterocycles. The van der Waals surface area contributed by atoms with E-state index in [0.717, 1.165) is 25.7 Å². The van der Waals surface area contributed by atoms with Crippen LogP contribution < -0.4 is 10.3 Å². The molecule has 0 amide bonds. The Morgan fingerprint density at radius 1 is 1.10 bits per heavy atom. The molecule has 0 aliphatic rings. The van der Waals surface area contributed by atoms with Crippen LogP contribution in [0.4, 0.5) is 22.7 Å². The quantitative estimate of drug-likeness (QED) is 0.167. The van der Waals surface area contributed by atoms with Crippen LogP contribution >= 0.6 is 0 Å². The third-order valence-corrected chi connectivity index (χ3v) is 7.92. The summed E-state index contributed by atoms with van der Waals surface area (Å²) in [6.07, 6.45) is 3.69. The number of unbranched alkanes of at least 4 members (excludes halogenated alkanes) is 1. The maximum absolute atomic E-state index is 13.3. The van der Waals surface area contributed by atoms with Gasteiger partial charge in [-0.1, -0.05) is 33.1 Å². The Morgan fingerprint density at radius 2 is 1.75 bits per heavy atom. The topological polar surface area (TPSA) is 155 Å². The molecule has 0 aliphatic heterocycles. The van der Waals surface area contributed by atoms with Crippen LogP contribution in [0.5, 0.6) is 5.88 Å². The summed E-state index contributed by atoms with van der Waals surface area (Å²) in [7, 11) is -3.97. The monoisotopic (exact) mass is 565 g/mol. The number of hydrogen-bond donors (Lipinski definition) is 3. The number of hydrogen-bond acceptors (Lipinski definition) is 7. The Balaban J connectivity index is 1.87. The summed E-state index contributed by atoms with van der Waals surface area (Å²) in [5, 5.41) is 27.8. The second kappa shape index (κ2) is 13.0. The molecule has 0 fully saturated rings. The van der Waals surface area contributed by atoms with E-state index in [9.17, 15) is 23.1 Å². The van der Waals surface area contributed by atoms with Crippen LogP contribution in [0.1, 0.15) is 55.5 Å². The van der Waals surface area contributed by atoms with Crippen molar-refractivity contribution in [1.29, 1.82) is 0 Å². The number of aromatic hydroxyl groups is 1. The van der Waals surface area contributed by atoms with Gasteiger partial charge in [0.1, 0.15) is 5.69 Å². The highest BCUT2D eigenvalue weighted by atomic mass is 32.2. The molecule has 3 aromatic rings. The number of carboxylic acid groups (broad SMARTS) is 1. The van der Waals surface area contributed by atoms with E-state index in [1.54, 1.807) is 0 Å². The Labute approximate surface area is 232 Å². The number of carbonyl (C=O) groups is 1. The van der Waals surface area contributed by atoms with Gasteiger partial charge in [0.2, 0.25) is 5.69 Å². The van der Waals surface area contributed by atoms with Crippen LogP contribution in [0, 0.1) is 19.4 Å². The average Bonchev–Trinajstić information content (AvgIpc) is 2.93. The molecule has 11 nitrogen and oxygen atoms in total. The molecule has 12 heteroatoms. The molecule has 1 unspecified atom stereocenters. The molecule has 0 saturated carbocycles. The van der Waals surface area contributed by atoms with E-state index in [4.69, 9.17) is 11.7 Å². The molecule has 1 aromatic heterocycles. The van der Waals surface area contributed by atoms with Crippen molar-refractivity contribution in [3.05, 3.63) is 81.4 Å². The van der Waals surface area contributed by atoms with Crippen molar-refractivity contribution < 1.29 is 23.4 Å². The van der Waals surface area contributed by atoms with Gasteiger partial charge in [0.25, 0.3) is 15.6 Å². The molecular formula is C28H31N5O6S. The summed E-state index contributed by atoms with van der Waals surface area (Å²) in [4.78, 5) is 27.6. The van der Waals surface area contributed by atoms with Crippen molar-refractivity contribution in [2.45, 2.75) is 57.9 Å². The summed E-state index contributed by atoms with van der Waals surface area (Å²) in [6, 6.07) is 10.7. The number of anilines is 1. The number of nitrogens with zero attached hydrogens (tertiary/aromatic N) is 4. The van der Waals surface area contributed by atoms with Crippen molar-refractivity contribution >= 4 is 38.7 Å². The van der Waals surface area contributed by atoms with Gasteiger partial charge in [-0.2, -0.15) is 5.11 Å². The first-order chi connectivity index (χ1) is 19.0. The van der Waals surface area contributed by atoms with E-state index in [2.05, 4.69) is 26.7 Å². The van der Waals surface area contributed by atoms with Crippen LogP contribution in [0.15, 0.2) is 68.4 Å². The molecule has 1 atom stereocenters. The molecule has 0 bridgehead atoms. The second-order valence-corrected chi connectivity index (χ2v) is 11.0. The zero-order valence-electron chi connectivity index (χ0n) is 22.5. The summed E-state index contributed by atoms with van der Waals surface area (Å²) < 4.78 is 29.0. The van der Waals surface area contributed by atoms with Crippen LogP contribution in [-0.4, -0.2) is 29.2 Å². The van der Waals surface area contributed by atoms with E-state index in [1.165, 1.54) is 60.0 Å². The zero-order valence-corrected chi connectivity index (χ0v) is 23.3. The number of aromatic carboxylic acids is 1. The summed E-state index contributed by atoms with van der Waals surface area (Å²) in [5.74, 6) is -1.36. The molecule has 210 valence electrons. The average molecular weight is 566 g/mol. The molecule has 3 rings (SSSR count). The number of pyridine rings is 1. The van der Waals surface area contributed by atoms with E-state index in [-0.39, 0.29) is 57.1 Å². The number of benzene rings is 2. The summed E-state index contributed by atoms with van der Waals surface area (Å²) in [6.45, 7) is 13.4. The molecule has 3 N–H and O–H groups in total. The first-order valence-corrected chi connectivity index (χ1v) is 14.2. The fraction of sp³-hybridized carbons (Fsp3) is 0.321. The zero-order chi connectivity index (χ0) is 29.4. The van der Waals surface area contributed by atoms with Crippen molar-refractivity contribution in [3.63, 3.8) is 0 Å². The fourth-order valence-corrected chi connectivity index (χ4v) is 5.14. The molecular weight excluding hydrogens is 534 g/mol. The van der Waals surface area contributed by atoms with Gasteiger partial charge in [0.05, 0.1) is 22.7 Å². The molecule has 0 radical (unpaired) electrons. The largest absolute Gasteiger partial charge is 0.503 e. The van der Waals surface area contributed by atoms with Crippen LogP contribution in [0.2, 0.25) is 0 Å². The smallest absolute Gasteiger partial charge is 0.335 e. The molecule has 40 heavy (non-hydrogen) atoms. The minimum absolute atomic E-state index is 0.0264. The minimum atomic E-state index is -3.97. The number of azo groups is 1. The SMILES string of the molecule is [C-]#[N+]c1c(C)c(N=Nc2ccc(S(=O)(=O)Nc3ccc(C(=O)O)cc3)cc2)c(=O)n(CC(CC)CCCC)c1O. The lowest BCUT2D eigenvalue weighted by Gasteiger charge is -2.19. The highest BCUT2D eigenvalue weighted by Crippen LogP contribution is 2.35. The first kappa shape index (κ1) is 30.0. The Morgan fingerprint density at radius 3 is 2.30 bits per heavy atom. The van der Waals surface area contributed by atoms with Gasteiger partial charge in [-0.05, 0) is 73.4 Å². The third-order valence-electron chi connectivity index (χ3n) is 6.52. The van der Waals surface area contributed by atoms with Gasteiger partial charge >= 0.3 is 5.97 Å². The molecule has 0 spiro atoms. The van der Waals surface area contributed by atoms with E-state index in [0.29, 0.717) is 0 Å². The Bertz CT molecular complexity index is 1610. The lowest BCUT2D eigenvalue weighted by atomic mass is 9.99. The van der Waals surface area contributed by atoms with Gasteiger partial charge in [-0.25, -0.2) is 18.1 Å². The summed E-state index contributed by atoms with van der Waals surface area (Å²) in [5.41, 5.74) is -0.00109. The number of carboxylic acids is 1. The van der Waals surface area contributed by atoms with Crippen molar-refractivity contribution in [3.8, 4) is 5.88 Å². The second-order valence-electron chi connectivity index (χ2n) is 9.27. The predicted molar refractivity (Wildman–Crippen MR) is 151 cm³/mol. The highest BCUT2D eigenvalue weighted by molar-refractivity contribution is 7.92. The molecule has 2 aromatic carbocycles. The maximum atomic E-state index is 13.3. The number of nitrogens with one attached hydrogen (secondary N) is 1. The first-order valence-electron chi connectivity index (χ1n) is 12.7. The number of aromatic nitrogens is 1. The van der Waals surface area contributed by atoms with Gasteiger partial charge in [0.15, 0.2) is 5.88 Å². The third kappa shape index (κ3) is 6.92. The molecule has 1 heterocycles. The van der Waals surface area contributed by atoms with Crippen LogP contribution in [-0.2, 0) is 16.6 Å². The van der Waals surface area contributed by atoms with Crippen LogP contribution in [0.3, 0.4) is 0 Å². The van der Waals surface area contributed by atoms with E-state index < -0.39 is 21.6 Å². The van der Waals surface area contributed by atoms with Crippen LogP contribution in [0.25, 0.3) is 4.85 Å². The minimum Gasteiger partial charge on any atom is -0.503 e. The number of rotatable bonds is 12. The van der Waals surface area contributed by atoms with Gasteiger partial charge in [0, 0.05) is 12.2 Å². The maximum Gasteiger partial charge on any atom is 0.335 e. The van der Waals surface area contributed by atoms with Crippen molar-refractivity contribution in [2.24, 2.45) is 16.1 Å². The standard InChI is InChI=1S/C28H31N5O6S/c1-5-7-8-19(6-2)17-33-26(34)24(29-4)18(3)25(27(33)35)31-30-21-13-15-23(16-14-21)40(38,39)32-22-11-9-20(10-12-22)28(36)37/h9-16,19,32,34H,5-8,17H2,1-3H3,(H,36,37). The van der Waals surface area contributed by atoms with Crippen molar-refractivity contribution in [2.75, 3.05) is 4.72 Å². The lowest BCUT2D eigenvalue weighted by molar-refractivity contribution is 0.0697. The van der Waals surface area contributed by atoms with Crippen molar-refractivity contribution in [1.82, 2.24) is 4.57 Å². The Kier molecular flexibility index (Phi) is 9.79. The van der Waals surface area contributed by atoms with Gasteiger partial charge in [-0.3, -0.25) is 14.1 Å². The lowest BCUT2D eigenvalue weighted by Crippen LogP contribution is -2.24. The van der Waals surface area contributed by atoms with Gasteiger partial charge < -0.3 is 10.2 Å². The van der Waals surface area contributed by atoms with E-state index in [1.807, 2.05) is 6.92 Å². The highest BCUT2D eigenvalue weighted by Gasteiger charge is 2.21. The molecule has 0 aliphatic carbocycles. The summed E-state index contributed by atoms with van der Waals surface area (Å²) >= 11 is 0.